The Kier molecular flexibility index (Phi) is 4.53. The van der Waals surface area contributed by atoms with E-state index in [2.05, 4.69) is 24.3 Å². The van der Waals surface area contributed by atoms with Gasteiger partial charge in [-0.3, -0.25) is 9.48 Å². The molecule has 1 heterocycles. The molecule has 100 valence electrons. The van der Waals surface area contributed by atoms with Crippen LogP contribution in [0.15, 0.2) is 12.3 Å². The van der Waals surface area contributed by atoms with Crippen molar-refractivity contribution in [3.8, 4) is 0 Å². The second kappa shape index (κ2) is 6.14. The fraction of sp³-hybridized carbons (Fsp3) is 0.714. The largest absolute Gasteiger partial charge is 0.307 e. The summed E-state index contributed by atoms with van der Waals surface area (Å²) < 4.78 is 1.90. The van der Waals surface area contributed by atoms with Gasteiger partial charge in [-0.25, -0.2) is 0 Å². The summed E-state index contributed by atoms with van der Waals surface area (Å²) in [5, 5.41) is 7.74. The lowest BCUT2D eigenvalue weighted by Gasteiger charge is -2.10. The van der Waals surface area contributed by atoms with Gasteiger partial charge in [-0.05, 0) is 32.8 Å². The van der Waals surface area contributed by atoms with Crippen molar-refractivity contribution in [1.82, 2.24) is 15.1 Å². The highest BCUT2D eigenvalue weighted by Gasteiger charge is 2.15. The summed E-state index contributed by atoms with van der Waals surface area (Å²) in [7, 11) is 0. The molecule has 1 fully saturated rings. The van der Waals surface area contributed by atoms with E-state index in [4.69, 9.17) is 0 Å². The Hall–Kier alpha value is -1.16. The van der Waals surface area contributed by atoms with Crippen molar-refractivity contribution >= 4 is 5.78 Å². The fourth-order valence-corrected chi connectivity index (χ4v) is 2.41. The molecule has 0 bridgehead atoms. The highest BCUT2D eigenvalue weighted by Crippen LogP contribution is 2.17. The highest BCUT2D eigenvalue weighted by atomic mass is 16.1. The zero-order chi connectivity index (χ0) is 13.0. The maximum absolute atomic E-state index is 11.8. The smallest absolute Gasteiger partial charge is 0.152 e. The first kappa shape index (κ1) is 13.3. The van der Waals surface area contributed by atoms with Crippen LogP contribution < -0.4 is 5.32 Å². The van der Waals surface area contributed by atoms with Gasteiger partial charge in [0.15, 0.2) is 5.78 Å². The zero-order valence-electron chi connectivity index (χ0n) is 11.4. The maximum Gasteiger partial charge on any atom is 0.152 e. The van der Waals surface area contributed by atoms with Gasteiger partial charge < -0.3 is 5.32 Å². The number of ketones is 1. The van der Waals surface area contributed by atoms with Gasteiger partial charge in [0.2, 0.25) is 0 Å². The molecule has 1 aromatic heterocycles. The molecule has 1 N–H and O–H groups in total. The number of Topliss-reactive ketones (excluding diaryl/α,β-unsaturated/α-hetero) is 1. The summed E-state index contributed by atoms with van der Waals surface area (Å²) in [4.78, 5) is 11.8. The van der Waals surface area contributed by atoms with Crippen LogP contribution in [0.25, 0.3) is 0 Å². The number of nitrogens with zero attached hydrogens (tertiary/aromatic N) is 2. The van der Waals surface area contributed by atoms with E-state index in [0.717, 1.165) is 5.69 Å². The van der Waals surface area contributed by atoms with Crippen molar-refractivity contribution in [3.05, 3.63) is 18.0 Å². The lowest BCUT2D eigenvalue weighted by Crippen LogP contribution is -2.32. The van der Waals surface area contributed by atoms with Gasteiger partial charge in [-0.1, -0.05) is 12.8 Å². The van der Waals surface area contributed by atoms with E-state index in [0.29, 0.717) is 25.0 Å². The van der Waals surface area contributed by atoms with Crippen LogP contribution in [0.5, 0.6) is 0 Å². The molecule has 4 nitrogen and oxygen atoms in total. The molecule has 4 heteroatoms. The maximum atomic E-state index is 11.8. The quantitative estimate of drug-likeness (QED) is 0.840. The van der Waals surface area contributed by atoms with E-state index in [1.165, 1.54) is 25.7 Å². The first-order valence-electron chi connectivity index (χ1n) is 6.94. The molecule has 0 saturated heterocycles. The lowest BCUT2D eigenvalue weighted by molar-refractivity contribution is -0.117. The topological polar surface area (TPSA) is 46.9 Å². The Morgan fingerprint density at radius 3 is 2.83 bits per heavy atom. The minimum atomic E-state index is 0.232. The molecule has 2 rings (SSSR count). The number of hydrogen-bond donors (Lipinski definition) is 1. The summed E-state index contributed by atoms with van der Waals surface area (Å²) in [6.45, 7) is 4.65. The Morgan fingerprint density at radius 2 is 2.22 bits per heavy atom. The van der Waals surface area contributed by atoms with E-state index in [9.17, 15) is 4.79 Å². The van der Waals surface area contributed by atoms with Crippen molar-refractivity contribution in [2.45, 2.75) is 58.0 Å². The van der Waals surface area contributed by atoms with Crippen molar-refractivity contribution < 1.29 is 4.79 Å². The van der Waals surface area contributed by atoms with E-state index in [1.54, 1.807) is 0 Å². The van der Waals surface area contributed by atoms with Crippen molar-refractivity contribution in [2.24, 2.45) is 0 Å². The van der Waals surface area contributed by atoms with Crippen LogP contribution in [0.1, 0.15) is 51.3 Å². The third-order valence-corrected chi connectivity index (χ3v) is 3.51. The third-order valence-electron chi connectivity index (χ3n) is 3.51. The minimum absolute atomic E-state index is 0.232. The zero-order valence-corrected chi connectivity index (χ0v) is 11.4. The summed E-state index contributed by atoms with van der Waals surface area (Å²) in [5.41, 5.74) is 0.877. The molecule has 1 aromatic rings. The van der Waals surface area contributed by atoms with Gasteiger partial charge in [-0.15, -0.1) is 0 Å². The Morgan fingerprint density at radius 1 is 1.50 bits per heavy atom. The second-order valence-corrected chi connectivity index (χ2v) is 5.46. The van der Waals surface area contributed by atoms with Crippen LogP contribution in [-0.4, -0.2) is 28.2 Å². The number of aromatic nitrogens is 2. The highest BCUT2D eigenvalue weighted by molar-refractivity contribution is 5.82. The molecule has 18 heavy (non-hydrogen) atoms. The predicted octanol–water partition coefficient (Wildman–Crippen LogP) is 2.11. The van der Waals surface area contributed by atoms with Crippen molar-refractivity contribution in [3.63, 3.8) is 0 Å². The predicted molar refractivity (Wildman–Crippen MR) is 71.6 cm³/mol. The van der Waals surface area contributed by atoms with Gasteiger partial charge in [0.25, 0.3) is 0 Å². The van der Waals surface area contributed by atoms with Crippen molar-refractivity contribution in [2.75, 3.05) is 6.54 Å². The molecule has 0 aliphatic heterocycles. The summed E-state index contributed by atoms with van der Waals surface area (Å²) in [6.07, 6.45) is 7.41. The van der Waals surface area contributed by atoms with Gasteiger partial charge in [-0.2, -0.15) is 5.10 Å². The number of rotatable bonds is 6. The van der Waals surface area contributed by atoms with E-state index in [-0.39, 0.29) is 5.78 Å². The van der Waals surface area contributed by atoms with Crippen LogP contribution in [-0.2, 0) is 11.2 Å². The summed E-state index contributed by atoms with van der Waals surface area (Å²) >= 11 is 0. The second-order valence-electron chi connectivity index (χ2n) is 5.46. The molecule has 0 radical (unpaired) electrons. The SMILES string of the molecule is CC(C)n1ccc(CC(=O)CNC2CCCC2)n1. The third kappa shape index (κ3) is 3.67. The number of carbonyl (C=O) groups excluding carboxylic acids is 1. The molecule has 1 aliphatic carbocycles. The molecule has 0 unspecified atom stereocenters. The van der Waals surface area contributed by atoms with E-state index >= 15 is 0 Å². The summed E-state index contributed by atoms with van der Waals surface area (Å²) in [5.74, 6) is 0.232. The summed E-state index contributed by atoms with van der Waals surface area (Å²) in [6, 6.07) is 2.85. The van der Waals surface area contributed by atoms with E-state index in [1.807, 2.05) is 16.9 Å². The molecule has 0 aromatic carbocycles. The first-order chi connectivity index (χ1) is 8.65. The molecular formula is C14H23N3O. The Bertz CT molecular complexity index is 391. The molecule has 1 aliphatic rings. The monoisotopic (exact) mass is 249 g/mol. The molecule has 0 spiro atoms. The lowest BCUT2D eigenvalue weighted by atomic mass is 10.2. The van der Waals surface area contributed by atoms with Gasteiger partial charge in [0.1, 0.15) is 0 Å². The Balaban J connectivity index is 1.75. The van der Waals surface area contributed by atoms with Crippen LogP contribution in [0.2, 0.25) is 0 Å². The number of carbonyl (C=O) groups is 1. The van der Waals surface area contributed by atoms with Crippen LogP contribution >= 0.6 is 0 Å². The van der Waals surface area contributed by atoms with Gasteiger partial charge in [0.05, 0.1) is 18.7 Å². The number of hydrogen-bond acceptors (Lipinski definition) is 3. The van der Waals surface area contributed by atoms with E-state index < -0.39 is 0 Å². The first-order valence-corrected chi connectivity index (χ1v) is 6.94. The molecule has 0 atom stereocenters. The fourth-order valence-electron chi connectivity index (χ4n) is 2.41. The average molecular weight is 249 g/mol. The number of nitrogens with one attached hydrogen (secondary N) is 1. The normalized spacial score (nSPS) is 16.6. The van der Waals surface area contributed by atoms with Gasteiger partial charge in [0, 0.05) is 18.3 Å². The van der Waals surface area contributed by atoms with Crippen LogP contribution in [0.3, 0.4) is 0 Å². The van der Waals surface area contributed by atoms with Crippen LogP contribution in [0.4, 0.5) is 0 Å². The molecular weight excluding hydrogens is 226 g/mol. The molecule has 1 saturated carbocycles. The standard InChI is InChI=1S/C14H23N3O/c1-11(2)17-8-7-13(16-17)9-14(18)10-15-12-5-3-4-6-12/h7-8,11-12,15H,3-6,9-10H2,1-2H3. The Labute approximate surface area is 109 Å². The average Bonchev–Trinajstić information content (AvgIpc) is 2.96. The van der Waals surface area contributed by atoms with Crippen molar-refractivity contribution in [1.29, 1.82) is 0 Å². The molecule has 0 amide bonds. The van der Waals surface area contributed by atoms with Crippen LogP contribution in [0, 0.1) is 0 Å². The van der Waals surface area contributed by atoms with Gasteiger partial charge >= 0.3 is 0 Å². The minimum Gasteiger partial charge on any atom is -0.307 e.